The highest BCUT2D eigenvalue weighted by molar-refractivity contribution is 8.13. The summed E-state index contributed by atoms with van der Waals surface area (Å²) in [6.45, 7) is 2.81. The lowest BCUT2D eigenvalue weighted by molar-refractivity contribution is 0.170. The van der Waals surface area contributed by atoms with Crippen LogP contribution in [0.5, 0.6) is 0 Å². The first-order valence-corrected chi connectivity index (χ1v) is 7.77. The monoisotopic (exact) mass is 292 g/mol. The molecule has 0 aliphatic carbocycles. The fraction of sp³-hybridized carbons (Fsp3) is 0.400. The van der Waals surface area contributed by atoms with Gasteiger partial charge in [0.25, 0.3) is 5.24 Å². The van der Waals surface area contributed by atoms with E-state index in [4.69, 9.17) is 0 Å². The molecule has 0 spiro atoms. The van der Waals surface area contributed by atoms with Crippen molar-refractivity contribution in [3.05, 3.63) is 41.7 Å². The van der Waals surface area contributed by atoms with Crippen molar-refractivity contribution in [3.63, 3.8) is 0 Å². The third-order valence-electron chi connectivity index (χ3n) is 3.80. The van der Waals surface area contributed by atoms with Crippen LogP contribution < -0.4 is 5.32 Å². The molecule has 2 aliphatic heterocycles. The molecule has 20 heavy (non-hydrogen) atoms. The van der Waals surface area contributed by atoms with Crippen molar-refractivity contribution >= 4 is 22.6 Å². The van der Waals surface area contributed by atoms with Gasteiger partial charge in [-0.05, 0) is 30.2 Å². The Balaban J connectivity index is 1.77. The highest BCUT2D eigenvalue weighted by Gasteiger charge is 2.35. The van der Waals surface area contributed by atoms with E-state index in [1.165, 1.54) is 29.5 Å². The number of carbonyl (C=O) groups is 1. The van der Waals surface area contributed by atoms with Crippen molar-refractivity contribution in [2.45, 2.75) is 25.6 Å². The molecule has 5 heteroatoms. The molecule has 0 radical (unpaired) electrons. The molecule has 2 unspecified atom stereocenters. The van der Waals surface area contributed by atoms with Crippen LogP contribution >= 0.6 is 11.8 Å². The summed E-state index contributed by atoms with van der Waals surface area (Å²) in [5, 5.41) is 3.52. The van der Waals surface area contributed by atoms with Crippen LogP contribution in [-0.4, -0.2) is 34.6 Å². The predicted molar refractivity (Wildman–Crippen MR) is 79.9 cm³/mol. The maximum atomic E-state index is 13.0. The Morgan fingerprint density at radius 3 is 2.75 bits per heavy atom. The number of halogens is 1. The van der Waals surface area contributed by atoms with Crippen LogP contribution in [0.25, 0.3) is 5.57 Å². The molecule has 2 heterocycles. The second kappa shape index (κ2) is 5.58. The molecule has 106 valence electrons. The van der Waals surface area contributed by atoms with Crippen LogP contribution in [-0.2, 0) is 0 Å². The van der Waals surface area contributed by atoms with Crippen LogP contribution in [0, 0.1) is 5.82 Å². The van der Waals surface area contributed by atoms with Gasteiger partial charge in [0.2, 0.25) is 0 Å². The fourth-order valence-electron chi connectivity index (χ4n) is 2.74. The lowest BCUT2D eigenvalue weighted by Gasteiger charge is -2.34. The Bertz CT molecular complexity index is 543. The standard InChI is InChI=1S/C15H17FN2OS/c1-10-9-20-15(19)18(10)14-8-12(6-7-17-14)11-2-4-13(16)5-3-11/h2-6,10,14,17H,7-9H2,1H3. The zero-order valence-corrected chi connectivity index (χ0v) is 12.1. The highest BCUT2D eigenvalue weighted by atomic mass is 32.2. The van der Waals surface area contributed by atoms with Gasteiger partial charge in [0.1, 0.15) is 5.82 Å². The normalized spacial score (nSPS) is 26.8. The van der Waals surface area contributed by atoms with Crippen LogP contribution in [0.15, 0.2) is 30.3 Å². The third kappa shape index (κ3) is 2.60. The Kier molecular flexibility index (Phi) is 3.81. The first kappa shape index (κ1) is 13.6. The molecule has 2 aliphatic rings. The molecular formula is C15H17FN2OS. The number of rotatable bonds is 2. The van der Waals surface area contributed by atoms with Gasteiger partial charge in [-0.15, -0.1) is 0 Å². The zero-order chi connectivity index (χ0) is 14.1. The molecule has 2 atom stereocenters. The fourth-order valence-corrected chi connectivity index (χ4v) is 3.74. The van der Waals surface area contributed by atoms with E-state index in [2.05, 4.69) is 18.3 Å². The number of nitrogens with one attached hydrogen (secondary N) is 1. The van der Waals surface area contributed by atoms with Crippen LogP contribution in [0.4, 0.5) is 9.18 Å². The summed E-state index contributed by atoms with van der Waals surface area (Å²) in [5.74, 6) is 0.631. The second-order valence-corrected chi connectivity index (χ2v) is 6.17. The van der Waals surface area contributed by atoms with E-state index < -0.39 is 0 Å². The van der Waals surface area contributed by atoms with Crippen LogP contribution in [0.1, 0.15) is 18.9 Å². The smallest absolute Gasteiger partial charge is 0.283 e. The molecule has 1 N–H and O–H groups in total. The molecule has 0 saturated carbocycles. The summed E-state index contributed by atoms with van der Waals surface area (Å²) in [7, 11) is 0. The predicted octanol–water partition coefficient (Wildman–Crippen LogP) is 3.09. The van der Waals surface area contributed by atoms with E-state index in [1.807, 2.05) is 4.90 Å². The van der Waals surface area contributed by atoms with Gasteiger partial charge in [0, 0.05) is 24.8 Å². The topological polar surface area (TPSA) is 32.3 Å². The first-order valence-electron chi connectivity index (χ1n) is 6.78. The zero-order valence-electron chi connectivity index (χ0n) is 11.3. The van der Waals surface area contributed by atoms with E-state index >= 15 is 0 Å². The lowest BCUT2D eigenvalue weighted by atomic mass is 9.97. The molecule has 1 aromatic carbocycles. The third-order valence-corrected chi connectivity index (χ3v) is 4.91. The highest BCUT2D eigenvalue weighted by Crippen LogP contribution is 2.31. The summed E-state index contributed by atoms with van der Waals surface area (Å²) >= 11 is 1.38. The van der Waals surface area contributed by atoms with E-state index in [1.54, 1.807) is 12.1 Å². The van der Waals surface area contributed by atoms with Gasteiger partial charge in [-0.1, -0.05) is 30.0 Å². The van der Waals surface area contributed by atoms with Crippen molar-refractivity contribution in [2.75, 3.05) is 12.3 Å². The lowest BCUT2D eigenvalue weighted by Crippen LogP contribution is -2.50. The number of benzene rings is 1. The van der Waals surface area contributed by atoms with Crippen LogP contribution in [0.2, 0.25) is 0 Å². The van der Waals surface area contributed by atoms with Crippen LogP contribution in [0.3, 0.4) is 0 Å². The second-order valence-electron chi connectivity index (χ2n) is 5.20. The molecule has 1 amide bonds. The maximum absolute atomic E-state index is 13.0. The summed E-state index contributed by atoms with van der Waals surface area (Å²) in [6, 6.07) is 6.82. The minimum atomic E-state index is -0.223. The molecule has 0 bridgehead atoms. The van der Waals surface area contributed by atoms with E-state index in [0.717, 1.165) is 24.3 Å². The average Bonchev–Trinajstić information content (AvgIpc) is 2.79. The van der Waals surface area contributed by atoms with E-state index in [9.17, 15) is 9.18 Å². The minimum Gasteiger partial charge on any atom is -0.314 e. The van der Waals surface area contributed by atoms with Gasteiger partial charge in [-0.2, -0.15) is 0 Å². The van der Waals surface area contributed by atoms with Crippen molar-refractivity contribution < 1.29 is 9.18 Å². The maximum Gasteiger partial charge on any atom is 0.283 e. The average molecular weight is 292 g/mol. The molecule has 0 aromatic heterocycles. The quantitative estimate of drug-likeness (QED) is 0.909. The number of thioether (sulfide) groups is 1. The molecule has 1 fully saturated rings. The Labute approximate surface area is 122 Å². The number of amides is 1. The molecule has 1 saturated heterocycles. The van der Waals surface area contributed by atoms with Crippen molar-refractivity contribution in [2.24, 2.45) is 0 Å². The van der Waals surface area contributed by atoms with Gasteiger partial charge in [-0.3, -0.25) is 10.1 Å². The Morgan fingerprint density at radius 2 is 2.10 bits per heavy atom. The van der Waals surface area contributed by atoms with Gasteiger partial charge in [0.05, 0.1) is 6.17 Å². The van der Waals surface area contributed by atoms with Crippen molar-refractivity contribution in [1.82, 2.24) is 10.2 Å². The van der Waals surface area contributed by atoms with Crippen molar-refractivity contribution in [3.8, 4) is 0 Å². The molecule has 3 rings (SSSR count). The van der Waals surface area contributed by atoms with Gasteiger partial charge in [0.15, 0.2) is 0 Å². The number of carbonyl (C=O) groups excluding carboxylic acids is 1. The largest absolute Gasteiger partial charge is 0.314 e. The first-order chi connectivity index (χ1) is 9.65. The van der Waals surface area contributed by atoms with Gasteiger partial charge in [-0.25, -0.2) is 4.39 Å². The van der Waals surface area contributed by atoms with E-state index in [0.29, 0.717) is 0 Å². The Hall–Kier alpha value is -1.33. The van der Waals surface area contributed by atoms with E-state index in [-0.39, 0.29) is 23.3 Å². The number of hydrogen-bond donors (Lipinski definition) is 1. The number of hydrogen-bond acceptors (Lipinski definition) is 3. The SMILES string of the molecule is CC1CSC(=O)N1C1CC(c2ccc(F)cc2)=CCN1. The van der Waals surface area contributed by atoms with Gasteiger partial charge >= 0.3 is 0 Å². The number of nitrogens with zero attached hydrogens (tertiary/aromatic N) is 1. The summed E-state index contributed by atoms with van der Waals surface area (Å²) < 4.78 is 13.0. The summed E-state index contributed by atoms with van der Waals surface area (Å²) in [4.78, 5) is 13.9. The van der Waals surface area contributed by atoms with Crippen molar-refractivity contribution in [1.29, 1.82) is 0 Å². The molecule has 3 nitrogen and oxygen atoms in total. The summed E-state index contributed by atoms with van der Waals surface area (Å²) in [6.07, 6.45) is 2.92. The summed E-state index contributed by atoms with van der Waals surface area (Å²) in [5.41, 5.74) is 2.20. The van der Waals surface area contributed by atoms with Gasteiger partial charge < -0.3 is 4.90 Å². The Morgan fingerprint density at radius 1 is 1.35 bits per heavy atom. The minimum absolute atomic E-state index is 0.0394. The molecular weight excluding hydrogens is 275 g/mol. The molecule has 1 aromatic rings.